The van der Waals surface area contributed by atoms with Crippen molar-refractivity contribution in [3.63, 3.8) is 0 Å². The number of rotatable bonds is 1. The second-order valence-electron chi connectivity index (χ2n) is 4.89. The molecular weight excluding hydrogens is 214 g/mol. The molecule has 0 radical (unpaired) electrons. The number of nitrogens with two attached hydrogens (primary N) is 1. The molecule has 2 aliphatic rings. The highest BCUT2D eigenvalue weighted by Crippen LogP contribution is 2.38. The maximum absolute atomic E-state index is 6.39. The molecule has 1 fully saturated rings. The van der Waals surface area contributed by atoms with Crippen LogP contribution in [0.25, 0.3) is 0 Å². The minimum absolute atomic E-state index is 0.0964. The third-order valence-corrected chi connectivity index (χ3v) is 3.95. The van der Waals surface area contributed by atoms with E-state index >= 15 is 0 Å². The number of nitrogens with one attached hydrogen (secondary N) is 2. The van der Waals surface area contributed by atoms with E-state index in [9.17, 15) is 0 Å². The molecule has 4 N–H and O–H groups in total. The van der Waals surface area contributed by atoms with Crippen LogP contribution < -0.4 is 21.1 Å². The molecule has 17 heavy (non-hydrogen) atoms. The fourth-order valence-electron chi connectivity index (χ4n) is 2.94. The SMILES string of the molecule is COc1ccc2c(c1)C(N)C1CNCCC1N2. The van der Waals surface area contributed by atoms with E-state index in [0.717, 1.165) is 25.3 Å². The minimum Gasteiger partial charge on any atom is -0.497 e. The first-order valence-electron chi connectivity index (χ1n) is 6.20. The molecule has 1 saturated heterocycles. The zero-order valence-electron chi connectivity index (χ0n) is 10.1. The van der Waals surface area contributed by atoms with Gasteiger partial charge in [0.15, 0.2) is 0 Å². The maximum Gasteiger partial charge on any atom is 0.119 e. The third-order valence-electron chi connectivity index (χ3n) is 3.95. The van der Waals surface area contributed by atoms with Gasteiger partial charge >= 0.3 is 0 Å². The van der Waals surface area contributed by atoms with Crippen LogP contribution in [-0.2, 0) is 0 Å². The van der Waals surface area contributed by atoms with Gasteiger partial charge in [0.2, 0.25) is 0 Å². The molecule has 1 aromatic carbocycles. The van der Waals surface area contributed by atoms with E-state index in [2.05, 4.69) is 22.8 Å². The molecule has 0 aromatic heterocycles. The molecule has 0 amide bonds. The summed E-state index contributed by atoms with van der Waals surface area (Å²) >= 11 is 0. The van der Waals surface area contributed by atoms with Gasteiger partial charge in [0.1, 0.15) is 5.75 Å². The van der Waals surface area contributed by atoms with Gasteiger partial charge in [-0.1, -0.05) is 0 Å². The van der Waals surface area contributed by atoms with Gasteiger partial charge < -0.3 is 21.1 Å². The van der Waals surface area contributed by atoms with Crippen molar-refractivity contribution >= 4 is 5.69 Å². The van der Waals surface area contributed by atoms with Crippen molar-refractivity contribution in [1.82, 2.24) is 5.32 Å². The molecule has 0 spiro atoms. The van der Waals surface area contributed by atoms with Gasteiger partial charge in [0, 0.05) is 30.2 Å². The van der Waals surface area contributed by atoms with Crippen LogP contribution in [0, 0.1) is 5.92 Å². The Morgan fingerprint density at radius 3 is 3.12 bits per heavy atom. The molecular formula is C13H19N3O. The topological polar surface area (TPSA) is 59.3 Å². The molecule has 3 atom stereocenters. The monoisotopic (exact) mass is 233 g/mol. The van der Waals surface area contributed by atoms with E-state index in [4.69, 9.17) is 10.5 Å². The Hall–Kier alpha value is -1.26. The second kappa shape index (κ2) is 4.20. The Bertz CT molecular complexity index is 421. The fourth-order valence-corrected chi connectivity index (χ4v) is 2.94. The average Bonchev–Trinajstić information content (AvgIpc) is 2.39. The lowest BCUT2D eigenvalue weighted by Crippen LogP contribution is -2.51. The quantitative estimate of drug-likeness (QED) is 0.680. The van der Waals surface area contributed by atoms with Gasteiger partial charge in [-0.15, -0.1) is 0 Å². The lowest BCUT2D eigenvalue weighted by atomic mass is 9.80. The maximum atomic E-state index is 6.39. The molecule has 4 heteroatoms. The molecule has 3 rings (SSSR count). The number of ether oxygens (including phenoxy) is 1. The Morgan fingerprint density at radius 1 is 1.41 bits per heavy atom. The van der Waals surface area contributed by atoms with Crippen molar-refractivity contribution in [2.24, 2.45) is 11.7 Å². The number of fused-ring (bicyclic) bond motifs is 2. The lowest BCUT2D eigenvalue weighted by molar-refractivity contribution is 0.287. The molecule has 92 valence electrons. The molecule has 0 bridgehead atoms. The summed E-state index contributed by atoms with van der Waals surface area (Å²) in [5.74, 6) is 1.35. The van der Waals surface area contributed by atoms with Crippen molar-refractivity contribution in [2.75, 3.05) is 25.5 Å². The van der Waals surface area contributed by atoms with Crippen molar-refractivity contribution in [1.29, 1.82) is 0 Å². The second-order valence-corrected chi connectivity index (χ2v) is 4.89. The molecule has 1 aromatic rings. The highest BCUT2D eigenvalue weighted by atomic mass is 16.5. The summed E-state index contributed by atoms with van der Waals surface area (Å²) in [7, 11) is 1.69. The van der Waals surface area contributed by atoms with Crippen molar-refractivity contribution in [3.8, 4) is 5.75 Å². The van der Waals surface area contributed by atoms with E-state index < -0.39 is 0 Å². The van der Waals surface area contributed by atoms with Crippen LogP contribution >= 0.6 is 0 Å². The number of benzene rings is 1. The summed E-state index contributed by atoms with van der Waals surface area (Å²) in [5, 5.41) is 7.03. The first-order valence-corrected chi connectivity index (χ1v) is 6.20. The van der Waals surface area contributed by atoms with Crippen molar-refractivity contribution in [3.05, 3.63) is 23.8 Å². The van der Waals surface area contributed by atoms with Crippen LogP contribution in [0.2, 0.25) is 0 Å². The normalized spacial score (nSPS) is 31.1. The van der Waals surface area contributed by atoms with Crippen LogP contribution in [0.15, 0.2) is 18.2 Å². The van der Waals surface area contributed by atoms with Crippen LogP contribution in [0.4, 0.5) is 5.69 Å². The van der Waals surface area contributed by atoms with Crippen LogP contribution in [0.5, 0.6) is 5.75 Å². The number of methoxy groups -OCH3 is 1. The minimum atomic E-state index is 0.0964. The molecule has 0 saturated carbocycles. The predicted molar refractivity (Wildman–Crippen MR) is 68.3 cm³/mol. The lowest BCUT2D eigenvalue weighted by Gasteiger charge is -2.42. The summed E-state index contributed by atoms with van der Waals surface area (Å²) in [6, 6.07) is 6.72. The van der Waals surface area contributed by atoms with Gasteiger partial charge in [-0.05, 0) is 36.7 Å². The fraction of sp³-hybridized carbons (Fsp3) is 0.538. The summed E-state index contributed by atoms with van der Waals surface area (Å²) in [4.78, 5) is 0. The molecule has 2 aliphatic heterocycles. The number of hydrogen-bond acceptors (Lipinski definition) is 4. The Morgan fingerprint density at radius 2 is 2.29 bits per heavy atom. The highest BCUT2D eigenvalue weighted by molar-refractivity contribution is 5.58. The van der Waals surface area contributed by atoms with Gasteiger partial charge in [-0.3, -0.25) is 0 Å². The molecule has 2 heterocycles. The first-order chi connectivity index (χ1) is 8.29. The summed E-state index contributed by atoms with van der Waals surface area (Å²) in [6.07, 6.45) is 1.14. The molecule has 3 unspecified atom stereocenters. The summed E-state index contributed by atoms with van der Waals surface area (Å²) in [5.41, 5.74) is 8.73. The van der Waals surface area contributed by atoms with Crippen molar-refractivity contribution in [2.45, 2.75) is 18.5 Å². The zero-order chi connectivity index (χ0) is 11.8. The van der Waals surface area contributed by atoms with Crippen molar-refractivity contribution < 1.29 is 4.74 Å². The van der Waals surface area contributed by atoms with Gasteiger partial charge in [0.05, 0.1) is 7.11 Å². The van der Waals surface area contributed by atoms with Crippen LogP contribution in [0.1, 0.15) is 18.0 Å². The van der Waals surface area contributed by atoms with E-state index in [1.165, 1.54) is 11.3 Å². The van der Waals surface area contributed by atoms with E-state index in [-0.39, 0.29) is 6.04 Å². The Balaban J connectivity index is 1.97. The van der Waals surface area contributed by atoms with Crippen LogP contribution in [-0.4, -0.2) is 26.2 Å². The number of anilines is 1. The molecule has 0 aliphatic carbocycles. The summed E-state index contributed by atoms with van der Waals surface area (Å²) < 4.78 is 5.27. The van der Waals surface area contributed by atoms with Gasteiger partial charge in [-0.2, -0.15) is 0 Å². The van der Waals surface area contributed by atoms with E-state index in [1.54, 1.807) is 7.11 Å². The smallest absolute Gasteiger partial charge is 0.119 e. The predicted octanol–water partition coefficient (Wildman–Crippen LogP) is 1.10. The summed E-state index contributed by atoms with van der Waals surface area (Å²) in [6.45, 7) is 2.07. The van der Waals surface area contributed by atoms with E-state index in [0.29, 0.717) is 12.0 Å². The standard InChI is InChI=1S/C13H19N3O/c1-17-8-2-3-11-9(6-8)13(14)10-7-15-5-4-12(10)16-11/h2-3,6,10,12-13,15-16H,4-5,7,14H2,1H3. The van der Waals surface area contributed by atoms with E-state index in [1.807, 2.05) is 6.07 Å². The number of piperidine rings is 1. The Labute approximate surface area is 102 Å². The van der Waals surface area contributed by atoms with Crippen LogP contribution in [0.3, 0.4) is 0 Å². The average molecular weight is 233 g/mol. The number of hydrogen-bond donors (Lipinski definition) is 3. The first kappa shape index (κ1) is 10.9. The van der Waals surface area contributed by atoms with Gasteiger partial charge in [-0.25, -0.2) is 0 Å². The van der Waals surface area contributed by atoms with Gasteiger partial charge in [0.25, 0.3) is 0 Å². The zero-order valence-corrected chi connectivity index (χ0v) is 10.1. The Kier molecular flexibility index (Phi) is 2.68. The largest absolute Gasteiger partial charge is 0.497 e. The highest BCUT2D eigenvalue weighted by Gasteiger charge is 2.35. The third kappa shape index (κ3) is 1.77. The molecule has 4 nitrogen and oxygen atoms in total.